The first-order valence-electron chi connectivity index (χ1n) is 8.51. The molecule has 2 aromatic rings. The molecule has 3 nitrogen and oxygen atoms in total. The van der Waals surface area contributed by atoms with Crippen LogP contribution in [0.25, 0.3) is 0 Å². The van der Waals surface area contributed by atoms with E-state index in [1.54, 1.807) is 11.3 Å². The summed E-state index contributed by atoms with van der Waals surface area (Å²) in [5.74, 6) is 0.801. The van der Waals surface area contributed by atoms with Gasteiger partial charge in [-0.3, -0.25) is 4.79 Å². The number of hydrogen-bond donors (Lipinski definition) is 2. The van der Waals surface area contributed by atoms with Crippen molar-refractivity contribution in [1.29, 1.82) is 0 Å². The summed E-state index contributed by atoms with van der Waals surface area (Å²) in [6, 6.07) is 11.7. The van der Waals surface area contributed by atoms with E-state index in [1.165, 1.54) is 12.8 Å². The van der Waals surface area contributed by atoms with Gasteiger partial charge in [-0.2, -0.15) is 0 Å². The van der Waals surface area contributed by atoms with Gasteiger partial charge >= 0.3 is 0 Å². The molecule has 1 aliphatic heterocycles. The average Bonchev–Trinajstić information content (AvgIpc) is 3.14. The number of carbonyl (C=O) groups is 1. The van der Waals surface area contributed by atoms with E-state index >= 15 is 0 Å². The summed E-state index contributed by atoms with van der Waals surface area (Å²) < 4.78 is 0. The maximum Gasteiger partial charge on any atom is 0.220 e. The number of benzene rings is 1. The van der Waals surface area contributed by atoms with Crippen LogP contribution in [0.2, 0.25) is 5.02 Å². The largest absolute Gasteiger partial charge is 0.344 e. The molecule has 1 aliphatic rings. The van der Waals surface area contributed by atoms with Gasteiger partial charge < -0.3 is 10.6 Å². The van der Waals surface area contributed by atoms with Gasteiger partial charge in [-0.05, 0) is 67.4 Å². The van der Waals surface area contributed by atoms with E-state index in [0.29, 0.717) is 17.4 Å². The Morgan fingerprint density at radius 3 is 2.67 bits per heavy atom. The summed E-state index contributed by atoms with van der Waals surface area (Å²) in [5, 5.41) is 9.33. The molecule has 0 spiro atoms. The lowest BCUT2D eigenvalue weighted by Gasteiger charge is -2.23. The van der Waals surface area contributed by atoms with E-state index in [9.17, 15) is 4.79 Å². The van der Waals surface area contributed by atoms with Gasteiger partial charge in [0.2, 0.25) is 5.91 Å². The summed E-state index contributed by atoms with van der Waals surface area (Å²) >= 11 is 7.66. The van der Waals surface area contributed by atoms with Gasteiger partial charge in [0.25, 0.3) is 0 Å². The summed E-state index contributed by atoms with van der Waals surface area (Å²) in [7, 11) is 0. The standard InChI is InChI=1S/C19H23ClN2OS/c20-16-6-4-15(5-7-16)19(17-2-1-13-24-17)22-18(23)8-3-14-9-11-21-12-10-14/h1-2,4-7,13-14,19,21H,3,8-12H2,(H,22,23). The van der Waals surface area contributed by atoms with Crippen LogP contribution in [0.15, 0.2) is 41.8 Å². The summed E-state index contributed by atoms with van der Waals surface area (Å²) in [6.07, 6.45) is 3.93. The Labute approximate surface area is 152 Å². The Morgan fingerprint density at radius 1 is 1.25 bits per heavy atom. The van der Waals surface area contributed by atoms with E-state index in [1.807, 2.05) is 35.7 Å². The molecule has 1 aromatic heterocycles. The minimum absolute atomic E-state index is 0.0946. The second-order valence-electron chi connectivity index (χ2n) is 6.30. The van der Waals surface area contributed by atoms with Crippen LogP contribution in [0, 0.1) is 5.92 Å². The maximum atomic E-state index is 12.5. The van der Waals surface area contributed by atoms with Crippen molar-refractivity contribution < 1.29 is 4.79 Å². The predicted octanol–water partition coefficient (Wildman–Crippen LogP) is 4.39. The number of amides is 1. The number of halogens is 1. The van der Waals surface area contributed by atoms with E-state index < -0.39 is 0 Å². The van der Waals surface area contributed by atoms with Crippen LogP contribution in [0.4, 0.5) is 0 Å². The van der Waals surface area contributed by atoms with Crippen molar-refractivity contribution in [1.82, 2.24) is 10.6 Å². The zero-order valence-corrected chi connectivity index (χ0v) is 15.2. The number of hydrogen-bond acceptors (Lipinski definition) is 3. The van der Waals surface area contributed by atoms with Crippen molar-refractivity contribution in [3.05, 3.63) is 57.2 Å². The lowest BCUT2D eigenvalue weighted by Crippen LogP contribution is -2.31. The Kier molecular flexibility index (Phi) is 6.30. The highest BCUT2D eigenvalue weighted by Gasteiger charge is 2.19. The van der Waals surface area contributed by atoms with Crippen LogP contribution in [0.3, 0.4) is 0 Å². The highest BCUT2D eigenvalue weighted by molar-refractivity contribution is 7.10. The average molecular weight is 363 g/mol. The third kappa shape index (κ3) is 4.82. The summed E-state index contributed by atoms with van der Waals surface area (Å²) in [6.45, 7) is 2.16. The molecule has 0 aliphatic carbocycles. The second-order valence-corrected chi connectivity index (χ2v) is 7.72. The van der Waals surface area contributed by atoms with Gasteiger partial charge in [0, 0.05) is 16.3 Å². The van der Waals surface area contributed by atoms with Gasteiger partial charge in [-0.15, -0.1) is 11.3 Å². The van der Waals surface area contributed by atoms with Crippen molar-refractivity contribution >= 4 is 28.8 Å². The fourth-order valence-corrected chi connectivity index (χ4v) is 4.10. The van der Waals surface area contributed by atoms with Gasteiger partial charge in [-0.1, -0.05) is 29.8 Å². The molecule has 5 heteroatoms. The van der Waals surface area contributed by atoms with Crippen LogP contribution in [-0.2, 0) is 4.79 Å². The number of nitrogens with one attached hydrogen (secondary N) is 2. The van der Waals surface area contributed by atoms with E-state index in [0.717, 1.165) is 30.0 Å². The first-order valence-corrected chi connectivity index (χ1v) is 9.77. The highest BCUT2D eigenvalue weighted by atomic mass is 35.5. The molecule has 128 valence electrons. The summed E-state index contributed by atoms with van der Waals surface area (Å²) in [4.78, 5) is 13.6. The van der Waals surface area contributed by atoms with Crippen LogP contribution in [0.5, 0.6) is 0 Å². The minimum Gasteiger partial charge on any atom is -0.344 e. The van der Waals surface area contributed by atoms with Crippen molar-refractivity contribution in [2.45, 2.75) is 31.7 Å². The molecule has 2 heterocycles. The number of piperidine rings is 1. The van der Waals surface area contributed by atoms with Gasteiger partial charge in [0.05, 0.1) is 6.04 Å². The molecular formula is C19H23ClN2OS. The molecule has 1 unspecified atom stereocenters. The van der Waals surface area contributed by atoms with Crippen molar-refractivity contribution in [3.8, 4) is 0 Å². The van der Waals surface area contributed by atoms with Gasteiger partial charge in [0.15, 0.2) is 0 Å². The third-order valence-electron chi connectivity index (χ3n) is 4.57. The smallest absolute Gasteiger partial charge is 0.220 e. The Balaban J connectivity index is 1.63. The first-order chi connectivity index (χ1) is 11.7. The van der Waals surface area contributed by atoms with Crippen molar-refractivity contribution in [2.24, 2.45) is 5.92 Å². The summed E-state index contributed by atoms with van der Waals surface area (Å²) in [5.41, 5.74) is 1.07. The molecule has 1 amide bonds. The zero-order chi connectivity index (χ0) is 16.8. The lowest BCUT2D eigenvalue weighted by atomic mass is 9.93. The van der Waals surface area contributed by atoms with Crippen LogP contribution in [0.1, 0.15) is 42.2 Å². The Bertz CT molecular complexity index is 636. The molecular weight excluding hydrogens is 340 g/mol. The molecule has 0 saturated carbocycles. The quantitative estimate of drug-likeness (QED) is 0.800. The number of rotatable bonds is 6. The normalized spacial score (nSPS) is 16.7. The molecule has 1 aromatic carbocycles. The molecule has 2 N–H and O–H groups in total. The van der Waals surface area contributed by atoms with Crippen LogP contribution in [-0.4, -0.2) is 19.0 Å². The molecule has 1 saturated heterocycles. The monoisotopic (exact) mass is 362 g/mol. The van der Waals surface area contributed by atoms with E-state index in [-0.39, 0.29) is 11.9 Å². The fourth-order valence-electron chi connectivity index (χ4n) is 3.17. The Hall–Kier alpha value is -1.36. The van der Waals surface area contributed by atoms with Crippen molar-refractivity contribution in [3.63, 3.8) is 0 Å². The fraction of sp³-hybridized carbons (Fsp3) is 0.421. The Morgan fingerprint density at radius 2 is 2.00 bits per heavy atom. The molecule has 1 fully saturated rings. The van der Waals surface area contributed by atoms with Crippen LogP contribution < -0.4 is 10.6 Å². The maximum absolute atomic E-state index is 12.5. The van der Waals surface area contributed by atoms with Gasteiger partial charge in [0.1, 0.15) is 0 Å². The highest BCUT2D eigenvalue weighted by Crippen LogP contribution is 2.27. The van der Waals surface area contributed by atoms with E-state index in [4.69, 9.17) is 11.6 Å². The molecule has 0 radical (unpaired) electrons. The topological polar surface area (TPSA) is 41.1 Å². The minimum atomic E-state index is -0.0946. The third-order valence-corrected chi connectivity index (χ3v) is 5.76. The second kappa shape index (κ2) is 8.65. The number of thiophene rings is 1. The SMILES string of the molecule is O=C(CCC1CCNCC1)NC(c1ccc(Cl)cc1)c1cccs1. The number of carbonyl (C=O) groups excluding carboxylic acids is 1. The molecule has 0 bridgehead atoms. The first kappa shape index (κ1) is 17.5. The van der Waals surface area contributed by atoms with E-state index in [2.05, 4.69) is 16.7 Å². The predicted molar refractivity (Wildman–Crippen MR) is 101 cm³/mol. The zero-order valence-electron chi connectivity index (χ0n) is 13.6. The molecule has 3 rings (SSSR count). The molecule has 24 heavy (non-hydrogen) atoms. The lowest BCUT2D eigenvalue weighted by molar-refractivity contribution is -0.121. The van der Waals surface area contributed by atoms with Crippen LogP contribution >= 0.6 is 22.9 Å². The molecule has 1 atom stereocenters. The van der Waals surface area contributed by atoms with Gasteiger partial charge in [-0.25, -0.2) is 0 Å². The van der Waals surface area contributed by atoms with Crippen molar-refractivity contribution in [2.75, 3.05) is 13.1 Å².